The van der Waals surface area contributed by atoms with Crippen molar-refractivity contribution < 1.29 is 4.39 Å². The minimum atomic E-state index is -0.307. The number of benzene rings is 2. The fourth-order valence-electron chi connectivity index (χ4n) is 2.24. The molecule has 106 valence electrons. The molecule has 0 bridgehead atoms. The predicted molar refractivity (Wildman–Crippen MR) is 85.7 cm³/mol. The second-order valence-electron chi connectivity index (χ2n) is 5.02. The lowest BCUT2D eigenvalue weighted by molar-refractivity contribution is 0.593. The lowest BCUT2D eigenvalue weighted by Gasteiger charge is -2.15. The molecule has 0 saturated heterocycles. The molecule has 0 aliphatic carbocycles. The van der Waals surface area contributed by atoms with Crippen molar-refractivity contribution in [2.75, 3.05) is 0 Å². The van der Waals surface area contributed by atoms with Crippen molar-refractivity contribution in [3.63, 3.8) is 0 Å². The predicted octanol–water partition coefficient (Wildman–Crippen LogP) is 5.10. The van der Waals surface area contributed by atoms with E-state index in [2.05, 4.69) is 15.9 Å². The Balaban J connectivity index is 2.26. The molecule has 1 nitrogen and oxygen atoms in total. The quantitative estimate of drug-likeness (QED) is 0.813. The zero-order chi connectivity index (χ0) is 14.9. The van der Waals surface area contributed by atoms with E-state index in [1.807, 2.05) is 26.0 Å². The van der Waals surface area contributed by atoms with Crippen LogP contribution in [0, 0.1) is 19.7 Å². The number of hydrogen-bond acceptors (Lipinski definition) is 1. The summed E-state index contributed by atoms with van der Waals surface area (Å²) in [6.07, 6.45) is 0.448. The molecule has 1 atom stereocenters. The summed E-state index contributed by atoms with van der Waals surface area (Å²) in [5.41, 5.74) is 10.1. The van der Waals surface area contributed by atoms with Gasteiger partial charge in [-0.05, 0) is 54.7 Å². The van der Waals surface area contributed by atoms with Crippen LogP contribution in [-0.2, 0) is 6.42 Å². The molecule has 2 N–H and O–H groups in total. The Hall–Kier alpha value is -0.900. The largest absolute Gasteiger partial charge is 0.324 e. The van der Waals surface area contributed by atoms with Crippen LogP contribution < -0.4 is 5.73 Å². The molecular weight excluding hydrogens is 341 g/mol. The van der Waals surface area contributed by atoms with E-state index in [4.69, 9.17) is 17.3 Å². The van der Waals surface area contributed by atoms with Crippen LogP contribution in [0.25, 0.3) is 0 Å². The summed E-state index contributed by atoms with van der Waals surface area (Å²) in [4.78, 5) is 0. The third-order valence-corrected chi connectivity index (χ3v) is 4.83. The SMILES string of the molecule is Cc1cc(C(N)Cc2ccc(Cl)cc2F)cc(C)c1Br. The van der Waals surface area contributed by atoms with Crippen LogP contribution in [0.3, 0.4) is 0 Å². The van der Waals surface area contributed by atoms with Gasteiger partial charge in [-0.15, -0.1) is 0 Å². The smallest absolute Gasteiger partial charge is 0.127 e. The molecule has 0 heterocycles. The minimum absolute atomic E-state index is 0.240. The fraction of sp³-hybridized carbons (Fsp3) is 0.250. The summed E-state index contributed by atoms with van der Waals surface area (Å²) < 4.78 is 14.9. The van der Waals surface area contributed by atoms with Crippen molar-refractivity contribution in [2.45, 2.75) is 26.3 Å². The highest BCUT2D eigenvalue weighted by atomic mass is 79.9. The molecule has 0 aliphatic rings. The van der Waals surface area contributed by atoms with E-state index < -0.39 is 0 Å². The first-order valence-electron chi connectivity index (χ1n) is 6.34. The van der Waals surface area contributed by atoms with Gasteiger partial charge >= 0.3 is 0 Å². The zero-order valence-electron chi connectivity index (χ0n) is 11.4. The molecule has 0 aromatic heterocycles. The summed E-state index contributed by atoms with van der Waals surface area (Å²) in [5, 5.41) is 0.398. The van der Waals surface area contributed by atoms with E-state index in [9.17, 15) is 4.39 Å². The first kappa shape index (κ1) is 15.5. The topological polar surface area (TPSA) is 26.0 Å². The highest BCUT2D eigenvalue weighted by Gasteiger charge is 2.13. The van der Waals surface area contributed by atoms with Gasteiger partial charge in [0.25, 0.3) is 0 Å². The Bertz CT molecular complexity index is 619. The van der Waals surface area contributed by atoms with Crippen LogP contribution in [0.4, 0.5) is 4.39 Å². The average Bonchev–Trinajstić information content (AvgIpc) is 2.38. The number of rotatable bonds is 3. The van der Waals surface area contributed by atoms with E-state index in [1.54, 1.807) is 12.1 Å². The van der Waals surface area contributed by atoms with Crippen molar-refractivity contribution in [1.29, 1.82) is 0 Å². The molecule has 2 aromatic carbocycles. The lowest BCUT2D eigenvalue weighted by atomic mass is 9.96. The highest BCUT2D eigenvalue weighted by Crippen LogP contribution is 2.27. The summed E-state index contributed by atoms with van der Waals surface area (Å²) in [7, 11) is 0. The molecule has 2 rings (SSSR count). The molecule has 2 aromatic rings. The van der Waals surface area contributed by atoms with Gasteiger partial charge in [-0.25, -0.2) is 4.39 Å². The van der Waals surface area contributed by atoms with Crippen molar-refractivity contribution in [2.24, 2.45) is 5.73 Å². The van der Waals surface area contributed by atoms with Crippen molar-refractivity contribution >= 4 is 27.5 Å². The normalized spacial score (nSPS) is 12.5. The van der Waals surface area contributed by atoms with Gasteiger partial charge in [-0.2, -0.15) is 0 Å². The zero-order valence-corrected chi connectivity index (χ0v) is 13.7. The Labute approximate surface area is 132 Å². The second kappa shape index (κ2) is 6.25. The number of aryl methyl sites for hydroxylation is 2. The number of halogens is 3. The third-order valence-electron chi connectivity index (χ3n) is 3.34. The second-order valence-corrected chi connectivity index (χ2v) is 6.24. The van der Waals surface area contributed by atoms with Crippen LogP contribution >= 0.6 is 27.5 Å². The van der Waals surface area contributed by atoms with E-state index in [0.29, 0.717) is 17.0 Å². The first-order chi connectivity index (χ1) is 9.38. The standard InChI is InChI=1S/C16H16BrClFN/c1-9-5-12(6-10(2)16(9)17)15(20)7-11-3-4-13(18)8-14(11)19/h3-6,8,15H,7,20H2,1-2H3. The Morgan fingerprint density at radius 2 is 1.80 bits per heavy atom. The molecule has 0 spiro atoms. The maximum absolute atomic E-state index is 13.8. The van der Waals surface area contributed by atoms with Crippen LogP contribution in [0.2, 0.25) is 5.02 Å². The fourth-order valence-corrected chi connectivity index (χ4v) is 2.62. The maximum atomic E-state index is 13.8. The van der Waals surface area contributed by atoms with Crippen molar-refractivity contribution in [3.8, 4) is 0 Å². The first-order valence-corrected chi connectivity index (χ1v) is 7.51. The van der Waals surface area contributed by atoms with Crippen molar-refractivity contribution in [1.82, 2.24) is 0 Å². The average molecular weight is 357 g/mol. The van der Waals surface area contributed by atoms with Crippen LogP contribution in [0.15, 0.2) is 34.8 Å². The Kier molecular flexibility index (Phi) is 4.84. The summed E-state index contributed by atoms with van der Waals surface area (Å²) in [5.74, 6) is -0.307. The lowest BCUT2D eigenvalue weighted by Crippen LogP contribution is -2.14. The molecule has 20 heavy (non-hydrogen) atoms. The van der Waals surface area contributed by atoms with E-state index in [0.717, 1.165) is 21.2 Å². The Morgan fingerprint density at radius 3 is 2.35 bits per heavy atom. The summed E-state index contributed by atoms with van der Waals surface area (Å²) >= 11 is 9.29. The van der Waals surface area contributed by atoms with Crippen LogP contribution in [0.5, 0.6) is 0 Å². The van der Waals surface area contributed by atoms with Crippen LogP contribution in [0.1, 0.15) is 28.3 Å². The monoisotopic (exact) mass is 355 g/mol. The minimum Gasteiger partial charge on any atom is -0.324 e. The van der Waals surface area contributed by atoms with Gasteiger partial charge in [0.15, 0.2) is 0 Å². The van der Waals surface area contributed by atoms with Crippen molar-refractivity contribution in [3.05, 3.63) is 67.9 Å². The van der Waals surface area contributed by atoms with Gasteiger partial charge in [-0.3, -0.25) is 0 Å². The van der Waals surface area contributed by atoms with E-state index in [1.165, 1.54) is 6.07 Å². The summed E-state index contributed by atoms with van der Waals surface area (Å²) in [6, 6.07) is 8.53. The highest BCUT2D eigenvalue weighted by molar-refractivity contribution is 9.10. The molecule has 0 amide bonds. The van der Waals surface area contributed by atoms with E-state index >= 15 is 0 Å². The molecule has 4 heteroatoms. The molecular formula is C16H16BrClFN. The summed E-state index contributed by atoms with van der Waals surface area (Å²) in [6.45, 7) is 4.05. The molecule has 1 unspecified atom stereocenters. The van der Waals surface area contributed by atoms with Gasteiger partial charge in [0.2, 0.25) is 0 Å². The maximum Gasteiger partial charge on any atom is 0.127 e. The van der Waals surface area contributed by atoms with Crippen LogP contribution in [-0.4, -0.2) is 0 Å². The molecule has 0 aliphatic heterocycles. The van der Waals surface area contributed by atoms with Gasteiger partial charge in [0, 0.05) is 15.5 Å². The molecule has 0 radical (unpaired) electrons. The molecule has 0 saturated carbocycles. The Morgan fingerprint density at radius 1 is 1.20 bits per heavy atom. The number of hydrogen-bond donors (Lipinski definition) is 1. The van der Waals surface area contributed by atoms with E-state index in [-0.39, 0.29) is 11.9 Å². The van der Waals surface area contributed by atoms with Gasteiger partial charge in [-0.1, -0.05) is 45.7 Å². The van der Waals surface area contributed by atoms with Gasteiger partial charge in [0.1, 0.15) is 5.82 Å². The van der Waals surface area contributed by atoms with Gasteiger partial charge in [0.05, 0.1) is 0 Å². The van der Waals surface area contributed by atoms with Gasteiger partial charge < -0.3 is 5.73 Å². The third kappa shape index (κ3) is 3.40. The number of nitrogens with two attached hydrogens (primary N) is 1. The molecule has 0 fully saturated rings.